The Balaban J connectivity index is 1.72. The Bertz CT molecular complexity index is 1580. The number of fused-ring (bicyclic) bond motifs is 1. The van der Waals surface area contributed by atoms with Crippen molar-refractivity contribution < 1.29 is 28.9 Å². The highest BCUT2D eigenvalue weighted by Gasteiger charge is 2.48. The van der Waals surface area contributed by atoms with Gasteiger partial charge in [-0.2, -0.15) is 0 Å². The average Bonchev–Trinajstić information content (AvgIpc) is 3.46. The van der Waals surface area contributed by atoms with Gasteiger partial charge in [0.15, 0.2) is 16.6 Å². The Labute approximate surface area is 227 Å². The van der Waals surface area contributed by atoms with Crippen LogP contribution in [0.3, 0.4) is 0 Å². The molecule has 1 saturated heterocycles. The van der Waals surface area contributed by atoms with Crippen LogP contribution in [0.15, 0.2) is 66.2 Å². The van der Waals surface area contributed by atoms with E-state index in [2.05, 4.69) is 4.98 Å². The third-order valence-corrected chi connectivity index (χ3v) is 7.43. The van der Waals surface area contributed by atoms with Gasteiger partial charge in [-0.05, 0) is 67.1 Å². The van der Waals surface area contributed by atoms with Crippen LogP contribution in [0.1, 0.15) is 24.1 Å². The molecule has 0 saturated carbocycles. The third kappa shape index (κ3) is 4.44. The number of aliphatic hydroxyl groups is 1. The second-order valence-electron chi connectivity index (χ2n) is 8.35. The van der Waals surface area contributed by atoms with Gasteiger partial charge >= 0.3 is 5.91 Å². The first-order valence-electron chi connectivity index (χ1n) is 11.7. The molecule has 0 aliphatic carbocycles. The standard InChI is InChI=1S/C28H23ClN2O6S/c1-4-37-20-12-7-16(13-21(20)36-3)24-23(25(32)15-5-8-17(29)9-6-15)26(33)27(34)31(24)28-30-19-11-10-18(35-2)14-22(19)38-28/h5-14,24,32H,4H2,1-3H3/b25-23+. The van der Waals surface area contributed by atoms with Gasteiger partial charge in [-0.1, -0.05) is 29.0 Å². The number of hydrogen-bond acceptors (Lipinski definition) is 8. The summed E-state index contributed by atoms with van der Waals surface area (Å²) in [6, 6.07) is 15.9. The molecule has 1 unspecified atom stereocenters. The molecule has 10 heteroatoms. The van der Waals surface area contributed by atoms with Crippen molar-refractivity contribution in [2.75, 3.05) is 25.7 Å². The van der Waals surface area contributed by atoms with E-state index in [0.717, 1.165) is 4.70 Å². The number of ether oxygens (including phenoxy) is 3. The van der Waals surface area contributed by atoms with Crippen LogP contribution in [0, 0.1) is 0 Å². The number of carbonyl (C=O) groups excluding carboxylic acids is 2. The fourth-order valence-electron chi connectivity index (χ4n) is 4.36. The minimum atomic E-state index is -0.974. The second-order valence-corrected chi connectivity index (χ2v) is 9.79. The predicted molar refractivity (Wildman–Crippen MR) is 147 cm³/mol. The molecule has 194 valence electrons. The highest BCUT2D eigenvalue weighted by atomic mass is 35.5. The number of carbonyl (C=O) groups is 2. The molecule has 2 heterocycles. The van der Waals surface area contributed by atoms with Crippen molar-refractivity contribution in [3.63, 3.8) is 0 Å². The fraction of sp³-hybridized carbons (Fsp3) is 0.179. The predicted octanol–water partition coefficient (Wildman–Crippen LogP) is 5.99. The van der Waals surface area contributed by atoms with Crippen LogP contribution in [-0.4, -0.2) is 42.6 Å². The molecule has 1 fully saturated rings. The van der Waals surface area contributed by atoms with Crippen LogP contribution in [0.4, 0.5) is 5.13 Å². The summed E-state index contributed by atoms with van der Waals surface area (Å²) >= 11 is 7.27. The number of thiazole rings is 1. The number of Topliss-reactive ketones (excluding diaryl/α,β-unsaturated/α-hetero) is 1. The number of rotatable bonds is 7. The van der Waals surface area contributed by atoms with Crippen LogP contribution < -0.4 is 19.1 Å². The molecule has 5 rings (SSSR count). The summed E-state index contributed by atoms with van der Waals surface area (Å²) in [5, 5.41) is 12.1. The monoisotopic (exact) mass is 550 g/mol. The lowest BCUT2D eigenvalue weighted by Crippen LogP contribution is -2.29. The first-order chi connectivity index (χ1) is 18.4. The molecule has 0 bridgehead atoms. The topological polar surface area (TPSA) is 98.2 Å². The molecule has 0 radical (unpaired) electrons. The quantitative estimate of drug-likeness (QED) is 0.171. The lowest BCUT2D eigenvalue weighted by Gasteiger charge is -2.24. The molecular formula is C28H23ClN2O6S. The molecule has 38 heavy (non-hydrogen) atoms. The summed E-state index contributed by atoms with van der Waals surface area (Å²) in [6.07, 6.45) is 0. The Morgan fingerprint density at radius 2 is 1.79 bits per heavy atom. The van der Waals surface area contributed by atoms with Crippen LogP contribution in [0.25, 0.3) is 16.0 Å². The molecule has 1 atom stereocenters. The minimum Gasteiger partial charge on any atom is -0.507 e. The number of aromatic nitrogens is 1. The maximum absolute atomic E-state index is 13.5. The van der Waals surface area contributed by atoms with Crippen LogP contribution in [0.5, 0.6) is 17.2 Å². The van der Waals surface area contributed by atoms with E-state index in [1.54, 1.807) is 61.7 Å². The number of nitrogens with zero attached hydrogens (tertiary/aromatic N) is 2. The highest BCUT2D eigenvalue weighted by Crippen LogP contribution is 2.46. The van der Waals surface area contributed by atoms with E-state index in [-0.39, 0.29) is 11.3 Å². The molecule has 1 N–H and O–H groups in total. The van der Waals surface area contributed by atoms with E-state index in [1.165, 1.54) is 23.3 Å². The molecule has 8 nitrogen and oxygen atoms in total. The van der Waals surface area contributed by atoms with Gasteiger partial charge in [0.1, 0.15) is 11.5 Å². The fourth-order valence-corrected chi connectivity index (χ4v) is 5.51. The van der Waals surface area contributed by atoms with E-state index in [1.807, 2.05) is 13.0 Å². The van der Waals surface area contributed by atoms with E-state index in [0.29, 0.717) is 50.7 Å². The van der Waals surface area contributed by atoms with Gasteiger partial charge in [0.25, 0.3) is 5.78 Å². The average molecular weight is 551 g/mol. The van der Waals surface area contributed by atoms with Crippen LogP contribution in [-0.2, 0) is 9.59 Å². The summed E-state index contributed by atoms with van der Waals surface area (Å²) in [6.45, 7) is 2.29. The Morgan fingerprint density at radius 1 is 1.03 bits per heavy atom. The van der Waals surface area contributed by atoms with Crippen molar-refractivity contribution >= 4 is 55.7 Å². The lowest BCUT2D eigenvalue weighted by atomic mass is 9.95. The summed E-state index contributed by atoms with van der Waals surface area (Å²) in [5.41, 5.74) is 1.47. The second kappa shape index (κ2) is 10.4. The van der Waals surface area contributed by atoms with Gasteiger partial charge in [-0.15, -0.1) is 0 Å². The zero-order valence-corrected chi connectivity index (χ0v) is 22.3. The van der Waals surface area contributed by atoms with E-state index in [9.17, 15) is 14.7 Å². The van der Waals surface area contributed by atoms with Gasteiger partial charge in [0, 0.05) is 10.6 Å². The number of anilines is 1. The van der Waals surface area contributed by atoms with E-state index < -0.39 is 17.7 Å². The zero-order valence-electron chi connectivity index (χ0n) is 20.7. The van der Waals surface area contributed by atoms with Gasteiger partial charge in [0.2, 0.25) is 0 Å². The molecule has 0 spiro atoms. The Morgan fingerprint density at radius 3 is 2.47 bits per heavy atom. The molecule has 1 aliphatic rings. The van der Waals surface area contributed by atoms with Gasteiger partial charge in [-0.25, -0.2) is 4.98 Å². The van der Waals surface area contributed by atoms with Crippen LogP contribution >= 0.6 is 22.9 Å². The van der Waals surface area contributed by atoms with Crippen molar-refractivity contribution in [2.24, 2.45) is 0 Å². The van der Waals surface area contributed by atoms with E-state index in [4.69, 9.17) is 25.8 Å². The van der Waals surface area contributed by atoms with Gasteiger partial charge in [-0.3, -0.25) is 14.5 Å². The van der Waals surface area contributed by atoms with Crippen molar-refractivity contribution in [3.05, 3.63) is 82.4 Å². The Hall–Kier alpha value is -4.08. The Kier molecular flexibility index (Phi) is 6.96. The maximum atomic E-state index is 13.5. The third-order valence-electron chi connectivity index (χ3n) is 6.16. The minimum absolute atomic E-state index is 0.0691. The molecule has 1 aromatic heterocycles. The molecular weight excluding hydrogens is 528 g/mol. The van der Waals surface area contributed by atoms with Gasteiger partial charge in [0.05, 0.1) is 42.7 Å². The summed E-state index contributed by atoms with van der Waals surface area (Å²) in [7, 11) is 3.07. The van der Waals surface area contributed by atoms with Crippen molar-refractivity contribution in [2.45, 2.75) is 13.0 Å². The first kappa shape index (κ1) is 25.6. The van der Waals surface area contributed by atoms with Gasteiger partial charge < -0.3 is 19.3 Å². The smallest absolute Gasteiger partial charge is 0.301 e. The number of methoxy groups -OCH3 is 2. The normalized spacial score (nSPS) is 16.7. The SMILES string of the molecule is CCOc1ccc(C2/C(=C(\O)c3ccc(Cl)cc3)C(=O)C(=O)N2c2nc3ccc(OC)cc3s2)cc1OC. The number of benzene rings is 3. The molecule has 1 amide bonds. The highest BCUT2D eigenvalue weighted by molar-refractivity contribution is 7.22. The lowest BCUT2D eigenvalue weighted by molar-refractivity contribution is -0.132. The first-order valence-corrected chi connectivity index (χ1v) is 12.9. The van der Waals surface area contributed by atoms with Crippen LogP contribution in [0.2, 0.25) is 5.02 Å². The number of aliphatic hydroxyl groups excluding tert-OH is 1. The number of amides is 1. The van der Waals surface area contributed by atoms with Crippen molar-refractivity contribution in [1.29, 1.82) is 0 Å². The van der Waals surface area contributed by atoms with Crippen molar-refractivity contribution in [1.82, 2.24) is 4.98 Å². The largest absolute Gasteiger partial charge is 0.507 e. The molecule has 1 aliphatic heterocycles. The summed E-state index contributed by atoms with van der Waals surface area (Å²) in [4.78, 5) is 32.9. The van der Waals surface area contributed by atoms with E-state index >= 15 is 0 Å². The summed E-state index contributed by atoms with van der Waals surface area (Å²) in [5.74, 6) is -0.360. The molecule has 4 aromatic rings. The number of hydrogen-bond donors (Lipinski definition) is 1. The maximum Gasteiger partial charge on any atom is 0.301 e. The molecule has 3 aromatic carbocycles. The zero-order chi connectivity index (χ0) is 27.0. The number of halogens is 1. The number of ketones is 1. The van der Waals surface area contributed by atoms with Crippen molar-refractivity contribution in [3.8, 4) is 17.2 Å². The summed E-state index contributed by atoms with van der Waals surface area (Å²) < 4.78 is 17.3.